The first-order valence-corrected chi connectivity index (χ1v) is 13.0. The minimum atomic E-state index is -4.11. The number of hydrogen-bond donors (Lipinski definition) is 0. The van der Waals surface area contributed by atoms with Gasteiger partial charge in [-0.2, -0.15) is 4.98 Å². The first-order valence-electron chi connectivity index (χ1n) is 10.7. The van der Waals surface area contributed by atoms with Gasteiger partial charge in [-0.05, 0) is 60.0 Å². The standard InChI is InChI=1S/C24H19F2N3O4S2/c25-17-5-3-16(4-6-17)23(30)28-11-13-29(14-12-28)24-22(27-21(33-24)20-2-1-15-34-20)35(31,32)19-9-7-18(26)8-10-19/h1-10,15H,11-14H2. The second kappa shape index (κ2) is 9.23. The number of benzene rings is 2. The van der Waals surface area contributed by atoms with Crippen LogP contribution in [-0.2, 0) is 9.84 Å². The molecule has 1 fully saturated rings. The third kappa shape index (κ3) is 4.56. The number of anilines is 1. The van der Waals surface area contributed by atoms with Crippen molar-refractivity contribution in [3.63, 3.8) is 0 Å². The molecule has 3 heterocycles. The highest BCUT2D eigenvalue weighted by molar-refractivity contribution is 7.91. The minimum Gasteiger partial charge on any atom is -0.418 e. The van der Waals surface area contributed by atoms with Crippen LogP contribution in [0.2, 0.25) is 0 Å². The van der Waals surface area contributed by atoms with Crippen molar-refractivity contribution in [3.8, 4) is 10.8 Å². The van der Waals surface area contributed by atoms with Gasteiger partial charge in [0.2, 0.25) is 26.6 Å². The predicted octanol–water partition coefficient (Wildman–Crippen LogP) is 4.48. The van der Waals surface area contributed by atoms with Crippen LogP contribution in [0.15, 0.2) is 80.4 Å². The third-order valence-corrected chi connectivity index (χ3v) is 8.16. The van der Waals surface area contributed by atoms with Crippen molar-refractivity contribution in [2.24, 2.45) is 0 Å². The molecule has 0 spiro atoms. The van der Waals surface area contributed by atoms with Crippen molar-refractivity contribution >= 4 is 33.0 Å². The maximum absolute atomic E-state index is 13.4. The maximum atomic E-state index is 13.4. The summed E-state index contributed by atoms with van der Waals surface area (Å²) in [6.45, 7) is 1.22. The quantitative estimate of drug-likeness (QED) is 0.365. The number of halogens is 2. The Morgan fingerprint density at radius 2 is 1.54 bits per heavy atom. The fraction of sp³-hybridized carbons (Fsp3) is 0.167. The first-order chi connectivity index (χ1) is 16.8. The second-order valence-electron chi connectivity index (χ2n) is 7.85. The molecule has 180 valence electrons. The van der Waals surface area contributed by atoms with E-state index in [1.54, 1.807) is 21.9 Å². The number of carbonyl (C=O) groups excluding carboxylic acids is 1. The Morgan fingerprint density at radius 3 is 2.14 bits per heavy atom. The van der Waals surface area contributed by atoms with E-state index in [1.165, 1.54) is 47.7 Å². The van der Waals surface area contributed by atoms with Gasteiger partial charge in [0.15, 0.2) is 0 Å². The van der Waals surface area contributed by atoms with Crippen molar-refractivity contribution in [2.75, 3.05) is 31.1 Å². The van der Waals surface area contributed by atoms with Crippen LogP contribution in [0.1, 0.15) is 10.4 Å². The van der Waals surface area contributed by atoms with Crippen molar-refractivity contribution < 1.29 is 26.4 Å². The highest BCUT2D eigenvalue weighted by atomic mass is 32.2. The van der Waals surface area contributed by atoms with Gasteiger partial charge in [0.25, 0.3) is 5.91 Å². The largest absolute Gasteiger partial charge is 0.418 e. The van der Waals surface area contributed by atoms with E-state index < -0.39 is 21.5 Å². The van der Waals surface area contributed by atoms with Crippen LogP contribution >= 0.6 is 11.3 Å². The van der Waals surface area contributed by atoms with Gasteiger partial charge in [-0.3, -0.25) is 4.79 Å². The summed E-state index contributed by atoms with van der Waals surface area (Å²) in [6.07, 6.45) is 0. The molecule has 2 aromatic heterocycles. The molecule has 1 saturated heterocycles. The summed E-state index contributed by atoms with van der Waals surface area (Å²) >= 11 is 1.36. The van der Waals surface area contributed by atoms with E-state index in [2.05, 4.69) is 4.98 Å². The van der Waals surface area contributed by atoms with Gasteiger partial charge >= 0.3 is 0 Å². The topological polar surface area (TPSA) is 83.7 Å². The molecule has 5 rings (SSSR count). The van der Waals surface area contributed by atoms with E-state index in [9.17, 15) is 22.0 Å². The number of piperazine rings is 1. The zero-order valence-corrected chi connectivity index (χ0v) is 19.9. The molecule has 0 aliphatic carbocycles. The average Bonchev–Trinajstić information content (AvgIpc) is 3.55. The van der Waals surface area contributed by atoms with E-state index in [0.29, 0.717) is 36.6 Å². The summed E-state index contributed by atoms with van der Waals surface area (Å²) in [7, 11) is -4.11. The van der Waals surface area contributed by atoms with E-state index in [4.69, 9.17) is 4.42 Å². The van der Waals surface area contributed by atoms with Crippen LogP contribution in [0.25, 0.3) is 10.8 Å². The molecule has 0 N–H and O–H groups in total. The van der Waals surface area contributed by atoms with Crippen LogP contribution in [-0.4, -0.2) is 50.4 Å². The zero-order valence-electron chi connectivity index (χ0n) is 18.2. The Balaban J connectivity index is 1.44. The SMILES string of the molecule is O=C(c1ccc(F)cc1)N1CCN(c2oc(-c3cccs3)nc2S(=O)(=O)c2ccc(F)cc2)CC1. The third-order valence-electron chi connectivity index (χ3n) is 5.64. The zero-order chi connectivity index (χ0) is 24.6. The molecular formula is C24H19F2N3O4S2. The Morgan fingerprint density at radius 1 is 0.914 bits per heavy atom. The van der Waals surface area contributed by atoms with Crippen LogP contribution < -0.4 is 4.90 Å². The lowest BCUT2D eigenvalue weighted by Gasteiger charge is -2.34. The fourth-order valence-electron chi connectivity index (χ4n) is 3.79. The smallest absolute Gasteiger partial charge is 0.253 e. The van der Waals surface area contributed by atoms with Gasteiger partial charge in [0, 0.05) is 31.7 Å². The molecular weight excluding hydrogens is 496 g/mol. The Bertz CT molecular complexity index is 1440. The number of nitrogens with zero attached hydrogens (tertiary/aromatic N) is 3. The number of sulfone groups is 1. The molecule has 1 aliphatic heterocycles. The molecule has 1 amide bonds. The number of carbonyl (C=O) groups is 1. The summed E-state index contributed by atoms with van der Waals surface area (Å²) < 4.78 is 59.4. The average molecular weight is 516 g/mol. The number of amides is 1. The molecule has 11 heteroatoms. The molecule has 0 unspecified atom stereocenters. The van der Waals surface area contributed by atoms with E-state index in [1.807, 2.05) is 5.38 Å². The second-order valence-corrected chi connectivity index (χ2v) is 10.7. The molecule has 0 atom stereocenters. The normalized spacial score (nSPS) is 14.3. The van der Waals surface area contributed by atoms with Crippen LogP contribution in [0.4, 0.5) is 14.7 Å². The van der Waals surface area contributed by atoms with Gasteiger partial charge in [-0.1, -0.05) is 6.07 Å². The van der Waals surface area contributed by atoms with E-state index in [0.717, 1.165) is 12.1 Å². The van der Waals surface area contributed by atoms with Gasteiger partial charge in [-0.15, -0.1) is 11.3 Å². The number of oxazole rings is 1. The highest BCUT2D eigenvalue weighted by Gasteiger charge is 2.33. The van der Waals surface area contributed by atoms with Crippen LogP contribution in [0.3, 0.4) is 0 Å². The first kappa shape index (κ1) is 23.2. The van der Waals surface area contributed by atoms with Crippen molar-refractivity contribution in [2.45, 2.75) is 9.92 Å². The lowest BCUT2D eigenvalue weighted by molar-refractivity contribution is 0.0745. The molecule has 0 bridgehead atoms. The van der Waals surface area contributed by atoms with Gasteiger partial charge < -0.3 is 14.2 Å². The fourth-order valence-corrected chi connectivity index (χ4v) is 5.76. The number of thiophene rings is 1. The number of hydrogen-bond acceptors (Lipinski definition) is 7. The Labute approximate surface area is 204 Å². The molecule has 35 heavy (non-hydrogen) atoms. The van der Waals surface area contributed by atoms with E-state index in [-0.39, 0.29) is 27.6 Å². The molecule has 1 aliphatic rings. The maximum Gasteiger partial charge on any atom is 0.253 e. The number of aromatic nitrogens is 1. The van der Waals surface area contributed by atoms with Gasteiger partial charge in [0.1, 0.15) is 11.6 Å². The van der Waals surface area contributed by atoms with Crippen LogP contribution in [0.5, 0.6) is 0 Å². The molecule has 7 nitrogen and oxygen atoms in total. The van der Waals surface area contributed by atoms with Gasteiger partial charge in [-0.25, -0.2) is 17.2 Å². The monoisotopic (exact) mass is 515 g/mol. The minimum absolute atomic E-state index is 0.0756. The summed E-state index contributed by atoms with van der Waals surface area (Å²) in [6, 6.07) is 13.4. The molecule has 2 aromatic carbocycles. The number of rotatable bonds is 5. The summed E-state index contributed by atoms with van der Waals surface area (Å²) in [4.78, 5) is 21.0. The van der Waals surface area contributed by atoms with Crippen molar-refractivity contribution in [1.29, 1.82) is 0 Å². The summed E-state index contributed by atoms with van der Waals surface area (Å²) in [5.74, 6) is -0.966. The molecule has 0 radical (unpaired) electrons. The van der Waals surface area contributed by atoms with Gasteiger partial charge in [0.05, 0.1) is 9.77 Å². The van der Waals surface area contributed by atoms with Crippen molar-refractivity contribution in [3.05, 3.63) is 83.2 Å². The van der Waals surface area contributed by atoms with Crippen molar-refractivity contribution in [1.82, 2.24) is 9.88 Å². The Hall–Kier alpha value is -3.57. The lowest BCUT2D eigenvalue weighted by atomic mass is 10.2. The Kier molecular flexibility index (Phi) is 6.12. The predicted molar refractivity (Wildman–Crippen MR) is 126 cm³/mol. The molecule has 0 saturated carbocycles. The molecule has 4 aromatic rings. The summed E-state index contributed by atoms with van der Waals surface area (Å²) in [5, 5.41) is 1.57. The van der Waals surface area contributed by atoms with E-state index >= 15 is 0 Å². The van der Waals surface area contributed by atoms with Crippen LogP contribution in [0, 0.1) is 11.6 Å². The summed E-state index contributed by atoms with van der Waals surface area (Å²) in [5.41, 5.74) is 0.374. The highest BCUT2D eigenvalue weighted by Crippen LogP contribution is 2.36. The lowest BCUT2D eigenvalue weighted by Crippen LogP contribution is -2.49.